The van der Waals surface area contributed by atoms with Crippen molar-refractivity contribution in [2.75, 3.05) is 90.1 Å². The lowest BCUT2D eigenvalue weighted by molar-refractivity contribution is -0.118. The molecule has 668 valence electrons. The predicted octanol–water partition coefficient (Wildman–Crippen LogP) is 17.2. The van der Waals surface area contributed by atoms with Gasteiger partial charge in [0.25, 0.3) is 3.25 Å². The summed E-state index contributed by atoms with van der Waals surface area (Å²) in [5, 5.41) is 52.4. The van der Waals surface area contributed by atoms with Crippen LogP contribution >= 0.6 is 85.9 Å². The number of aromatic nitrogens is 4. The molecule has 8 aromatic rings. The monoisotopic (exact) mass is 1850 g/mol. The van der Waals surface area contributed by atoms with Crippen molar-refractivity contribution in [1.82, 2.24) is 23.8 Å². The van der Waals surface area contributed by atoms with E-state index >= 15 is 0 Å². The Kier molecular flexibility index (Phi) is 36.6. The third-order valence-corrected chi connectivity index (χ3v) is 27.4. The second kappa shape index (κ2) is 45.1. The summed E-state index contributed by atoms with van der Waals surface area (Å²) in [6, 6.07) is 53.0. The van der Waals surface area contributed by atoms with E-state index < -0.39 is 114 Å². The summed E-state index contributed by atoms with van der Waals surface area (Å²) in [5.74, 6) is 3.71. The molecule has 0 amide bonds. The number of ether oxygens (including phenoxy) is 6. The Hall–Kier alpha value is -7.03. The second-order valence-corrected chi connectivity index (χ2v) is 39.9. The number of hydrogen-bond acceptors (Lipinski definition) is 26. The summed E-state index contributed by atoms with van der Waals surface area (Å²) < 4.78 is 85.0. The minimum Gasteiger partial charge on any atom is -0.497 e. The Morgan fingerprint density at radius 2 is 0.837 bits per heavy atom. The van der Waals surface area contributed by atoms with Gasteiger partial charge in [0.05, 0.1) is 41.7 Å². The van der Waals surface area contributed by atoms with Crippen molar-refractivity contribution in [3.8, 4) is 23.0 Å². The van der Waals surface area contributed by atoms with Crippen LogP contribution in [-0.2, 0) is 57.4 Å². The van der Waals surface area contributed by atoms with Crippen LogP contribution in [0.25, 0.3) is 0 Å². The number of carbonyl (C=O) groups is 2. The van der Waals surface area contributed by atoms with Gasteiger partial charge in [-0.3, -0.25) is 27.8 Å². The molecule has 35 heteroatoms. The third kappa shape index (κ3) is 25.7. The molecule has 10 atom stereocenters. The normalized spacial score (nSPS) is 21.1. The molecule has 6 aromatic carbocycles. The average Bonchev–Trinajstić information content (AvgIpc) is 1.26. The van der Waals surface area contributed by atoms with Gasteiger partial charge >= 0.3 is 27.4 Å². The van der Waals surface area contributed by atoms with Crippen molar-refractivity contribution >= 4 is 108 Å². The molecule has 6 N–H and O–H groups in total. The van der Waals surface area contributed by atoms with Crippen molar-refractivity contribution in [2.24, 2.45) is 10.8 Å². The highest BCUT2D eigenvalue weighted by molar-refractivity contribution is 8.14. The molecular formula is C88H112Cl4N7O20P2S2+. The smallest absolute Gasteiger partial charge is 0.497 e. The van der Waals surface area contributed by atoms with E-state index in [4.69, 9.17) is 92.9 Å². The van der Waals surface area contributed by atoms with Gasteiger partial charge in [-0.15, -0.1) is 9.05 Å². The van der Waals surface area contributed by atoms with Gasteiger partial charge in [0.1, 0.15) is 94.5 Å². The molecule has 3 aliphatic heterocycles. The van der Waals surface area contributed by atoms with Gasteiger partial charge in [0, 0.05) is 52.4 Å². The Labute approximate surface area is 748 Å². The van der Waals surface area contributed by atoms with Crippen molar-refractivity contribution in [3.63, 3.8) is 0 Å². The Bertz CT molecular complexity index is 4770. The number of anilines is 2. The lowest BCUT2D eigenvalue weighted by atomic mass is 9.77. The van der Waals surface area contributed by atoms with Gasteiger partial charge < -0.3 is 59.5 Å². The van der Waals surface area contributed by atoms with E-state index in [0.717, 1.165) is 78.9 Å². The summed E-state index contributed by atoms with van der Waals surface area (Å²) >= 11 is 21.5. The molecule has 0 bridgehead atoms. The average molecular weight is 1860 g/mol. The molecule has 3 saturated heterocycles. The predicted molar refractivity (Wildman–Crippen MR) is 482 cm³/mol. The van der Waals surface area contributed by atoms with Crippen LogP contribution in [0.2, 0.25) is 0 Å². The third-order valence-electron chi connectivity index (χ3n) is 22.2. The van der Waals surface area contributed by atoms with Crippen LogP contribution in [0.4, 0.5) is 11.6 Å². The highest BCUT2D eigenvalue weighted by atomic mass is 35.6. The van der Waals surface area contributed by atoms with E-state index in [1.165, 1.54) is 58.3 Å². The molecular weight excluding hydrogens is 1740 g/mol. The molecule has 2 aromatic heterocycles. The van der Waals surface area contributed by atoms with E-state index in [0.29, 0.717) is 54.7 Å². The first-order chi connectivity index (χ1) is 58.4. The Balaban J connectivity index is 0.000000251. The molecule has 4 aliphatic rings. The highest BCUT2D eigenvalue weighted by Crippen LogP contribution is 2.55. The minimum absolute atomic E-state index is 0.00231. The van der Waals surface area contributed by atoms with Crippen molar-refractivity contribution in [2.45, 2.75) is 176 Å². The number of carbonyl (C=O) groups excluding carboxylic acids is 2. The van der Waals surface area contributed by atoms with Crippen LogP contribution in [0.1, 0.15) is 159 Å². The molecule has 0 spiro atoms. The fourth-order valence-electron chi connectivity index (χ4n) is 14.2. The maximum atomic E-state index is 14.2. The van der Waals surface area contributed by atoms with Crippen molar-refractivity contribution in [3.05, 3.63) is 237 Å². The Morgan fingerprint density at radius 3 is 1.16 bits per heavy atom. The van der Waals surface area contributed by atoms with Crippen molar-refractivity contribution < 1.29 is 85.7 Å². The van der Waals surface area contributed by atoms with E-state index in [1.807, 2.05) is 199 Å². The number of benzene rings is 6. The summed E-state index contributed by atoms with van der Waals surface area (Å²) in [5.41, 5.74) is -3.50. The molecule has 12 rings (SSSR count). The standard InChI is InChI=1S/C43H55N4O10PS.C39H46N3O10PS.C5H10.CCl4/c1-7-41(2,3)39(49)59-28-27-55-58(52,46-24-11-12-25-46)56-29-35-37(48)42(4,51)38(57-35)47-26-23-36(44-40(47)50)45-43(30-13-9-8-10-14-30,31-15-19-33(53-5)20-16-31)32-17-21-34(54-6)22-18-32;1-7-37(2,3)35(44)54-24-23-50-53(47)51-25-31-33(43)38(4,46)34(52-31)42-22-21-32(40-36(42)45)41-39(26-11-9-8-10-12-26,27-13-17-29(48-5)18-14-27)28-15-19-30(49-6)20-16-28;1-2-4-5-3-1;2-1(3,4)5/h8-10,13-23,26,35,37-38,48,51H,7,11-12,24-25,27-29H2,1-6H3,(H,44,45,50);8-22,31,33-34,43,46H,7,23-25H2,1-6H3;1-5H2;/p+1/t35-,37?,38-,42+,58?;31-,33?,34-,38+;;/m11../s1. The molecule has 1 saturated carbocycles. The molecule has 5 heterocycles. The number of nitrogens with one attached hydrogen (secondary N) is 2. The molecule has 27 nitrogen and oxygen atoms in total. The van der Waals surface area contributed by atoms with Crippen LogP contribution in [0, 0.1) is 10.8 Å². The molecule has 1 aliphatic carbocycles. The van der Waals surface area contributed by atoms with E-state index in [1.54, 1.807) is 45.2 Å². The van der Waals surface area contributed by atoms with Gasteiger partial charge in [0.15, 0.2) is 22.7 Å². The molecule has 4 fully saturated rings. The van der Waals surface area contributed by atoms with E-state index in [9.17, 15) is 48.7 Å². The lowest BCUT2D eigenvalue weighted by Crippen LogP contribution is -2.46. The first-order valence-corrected chi connectivity index (χ1v) is 46.6. The fraction of sp³-hybridized carbons (Fsp3) is 0.477. The SMILES string of the molecule is C1CCCC1.CCC(C)(C)C(=O)SCCOP(=O)(OC[C@H]1O[C@@H](n2ccc(NC(c3ccccc3)(c3ccc(OC)cc3)c3ccc(OC)cc3)nc2=O)[C@@](C)(O)C1O)N1CCCC1.CCC(C)(C)C(=O)SCCO[P+](=O)OC[C@H]1O[C@@H](n2ccc(NC(c3ccccc3)(c3ccc(OC)cc3)c3ccc(OC)cc3)nc2=O)[C@@](C)(O)C1O.ClC(Cl)(Cl)Cl. The van der Waals surface area contributed by atoms with Crippen LogP contribution in [0.5, 0.6) is 23.0 Å². The van der Waals surface area contributed by atoms with Crippen LogP contribution < -0.4 is 41.0 Å². The summed E-state index contributed by atoms with van der Waals surface area (Å²) in [4.78, 5) is 61.4. The topological polar surface area (TPSA) is 339 Å². The van der Waals surface area contributed by atoms with E-state index in [-0.39, 0.29) is 40.8 Å². The maximum absolute atomic E-state index is 14.2. The van der Waals surface area contributed by atoms with Gasteiger partial charge in [-0.2, -0.15) is 9.97 Å². The van der Waals surface area contributed by atoms with Crippen LogP contribution in [0.15, 0.2) is 192 Å². The first kappa shape index (κ1) is 99.7. The zero-order valence-electron chi connectivity index (χ0n) is 71.1. The summed E-state index contributed by atoms with van der Waals surface area (Å²) in [6.07, 6.45) is 5.23. The lowest BCUT2D eigenvalue weighted by Gasteiger charge is -2.37. The molecule has 0 radical (unpaired) electrons. The number of thioether (sulfide) groups is 2. The number of halogens is 4. The first-order valence-electron chi connectivity index (χ1n) is 40.5. The highest BCUT2D eigenvalue weighted by Gasteiger charge is 2.56. The van der Waals surface area contributed by atoms with Gasteiger partial charge in [0.2, 0.25) is 0 Å². The van der Waals surface area contributed by atoms with Gasteiger partial charge in [-0.25, -0.2) is 18.8 Å². The Morgan fingerprint density at radius 1 is 0.512 bits per heavy atom. The zero-order chi connectivity index (χ0) is 89.6. The number of aliphatic hydroxyl groups is 4. The quantitative estimate of drug-likeness (QED) is 0.00930. The van der Waals surface area contributed by atoms with Gasteiger partial charge in [-0.1, -0.05) is 253 Å². The number of methoxy groups -OCH3 is 4. The molecule has 4 unspecified atom stereocenters. The minimum atomic E-state index is -3.88. The number of rotatable bonds is 35. The largest absolute Gasteiger partial charge is 0.697 e. The number of nitrogens with zero attached hydrogens (tertiary/aromatic N) is 5. The van der Waals surface area contributed by atoms with Crippen LogP contribution in [0.3, 0.4) is 0 Å². The number of hydrogen-bond donors (Lipinski definition) is 6. The second-order valence-electron chi connectivity index (χ2n) is 31.4. The summed E-state index contributed by atoms with van der Waals surface area (Å²) in [7, 11) is -0.102. The zero-order valence-corrected chi connectivity index (χ0v) is 77.5. The van der Waals surface area contributed by atoms with Crippen molar-refractivity contribution in [1.29, 1.82) is 0 Å². The fourth-order valence-corrected chi connectivity index (χ4v) is 18.7. The van der Waals surface area contributed by atoms with Crippen LogP contribution in [-0.4, -0.2) is 173 Å². The summed E-state index contributed by atoms with van der Waals surface area (Å²) in [6.45, 7) is 14.3. The molecule has 123 heavy (non-hydrogen) atoms. The number of alkyl halides is 4. The number of aliphatic hydroxyl groups excluding tert-OH is 2. The van der Waals surface area contributed by atoms with E-state index in [2.05, 4.69) is 20.6 Å². The van der Waals surface area contributed by atoms with Gasteiger partial charge in [-0.05, 0) is 134 Å². The maximum Gasteiger partial charge on any atom is 0.697 e.